The zero-order valence-electron chi connectivity index (χ0n) is 14.1. The zero-order valence-corrected chi connectivity index (χ0v) is 14.1. The van der Waals surface area contributed by atoms with Crippen LogP contribution in [-0.4, -0.2) is 28.5 Å². The average Bonchev–Trinajstić information content (AvgIpc) is 2.58. The molecule has 1 fully saturated rings. The van der Waals surface area contributed by atoms with E-state index in [4.69, 9.17) is 4.74 Å². The van der Waals surface area contributed by atoms with Crippen LogP contribution in [0.4, 0.5) is 0 Å². The van der Waals surface area contributed by atoms with E-state index in [0.717, 1.165) is 38.2 Å². The molecule has 3 heterocycles. The number of ether oxygens (including phenoxy) is 1. The standard InChI is InChI=1S/C19H22N2O3/c1-13-3-4-18(20-9-13)17-12-21(10-15-5-7-24-8-6-15)11-16(14(2)22)19(17)23/h3-4,9,11-12,15H,5-8,10H2,1-2H3. The first-order chi connectivity index (χ1) is 11.5. The van der Waals surface area contributed by atoms with Crippen molar-refractivity contribution in [2.24, 2.45) is 5.92 Å². The van der Waals surface area contributed by atoms with Gasteiger partial charge in [-0.1, -0.05) is 6.07 Å². The molecule has 0 amide bonds. The Labute approximate surface area is 141 Å². The van der Waals surface area contributed by atoms with E-state index in [9.17, 15) is 9.59 Å². The van der Waals surface area contributed by atoms with Crippen LogP contribution >= 0.6 is 0 Å². The number of rotatable bonds is 4. The smallest absolute Gasteiger partial charge is 0.201 e. The normalized spacial score (nSPS) is 15.4. The summed E-state index contributed by atoms with van der Waals surface area (Å²) in [5, 5.41) is 0. The first-order valence-electron chi connectivity index (χ1n) is 8.30. The van der Waals surface area contributed by atoms with E-state index < -0.39 is 0 Å². The fraction of sp³-hybridized carbons (Fsp3) is 0.421. The van der Waals surface area contributed by atoms with E-state index in [-0.39, 0.29) is 16.8 Å². The summed E-state index contributed by atoms with van der Waals surface area (Å²) in [4.78, 5) is 28.9. The second kappa shape index (κ2) is 7.09. The molecule has 0 spiro atoms. The van der Waals surface area contributed by atoms with Crippen LogP contribution in [0, 0.1) is 12.8 Å². The number of pyridine rings is 2. The van der Waals surface area contributed by atoms with Gasteiger partial charge in [0.05, 0.1) is 16.8 Å². The number of carbonyl (C=O) groups is 1. The largest absolute Gasteiger partial charge is 0.381 e. The van der Waals surface area contributed by atoms with Crippen molar-refractivity contribution in [3.05, 3.63) is 52.1 Å². The molecule has 24 heavy (non-hydrogen) atoms. The van der Waals surface area contributed by atoms with E-state index in [2.05, 4.69) is 4.98 Å². The van der Waals surface area contributed by atoms with Crippen molar-refractivity contribution in [1.82, 2.24) is 9.55 Å². The van der Waals surface area contributed by atoms with Gasteiger partial charge in [0.2, 0.25) is 5.43 Å². The second-order valence-corrected chi connectivity index (χ2v) is 6.44. The Balaban J connectivity index is 2.01. The summed E-state index contributed by atoms with van der Waals surface area (Å²) in [6, 6.07) is 3.75. The molecular formula is C19H22N2O3. The van der Waals surface area contributed by atoms with Gasteiger partial charge in [0, 0.05) is 38.3 Å². The monoisotopic (exact) mass is 326 g/mol. The van der Waals surface area contributed by atoms with Gasteiger partial charge in [0.1, 0.15) is 0 Å². The molecule has 5 nitrogen and oxygen atoms in total. The van der Waals surface area contributed by atoms with Crippen molar-refractivity contribution >= 4 is 5.78 Å². The molecule has 1 aliphatic heterocycles. The highest BCUT2D eigenvalue weighted by molar-refractivity contribution is 5.94. The van der Waals surface area contributed by atoms with Gasteiger partial charge in [-0.25, -0.2) is 0 Å². The number of Topliss-reactive ketones (excluding diaryl/α,β-unsaturated/α-hetero) is 1. The predicted molar refractivity (Wildman–Crippen MR) is 92.2 cm³/mol. The quantitative estimate of drug-likeness (QED) is 0.811. The van der Waals surface area contributed by atoms with Crippen molar-refractivity contribution in [2.45, 2.75) is 33.2 Å². The molecule has 0 bridgehead atoms. The first kappa shape index (κ1) is 16.6. The van der Waals surface area contributed by atoms with E-state index in [1.165, 1.54) is 6.92 Å². The lowest BCUT2D eigenvalue weighted by molar-refractivity contribution is 0.0612. The SMILES string of the molecule is CC(=O)c1cn(CC2CCOCC2)cc(-c2ccc(C)cn2)c1=O. The molecule has 0 saturated carbocycles. The molecule has 2 aromatic heterocycles. The van der Waals surface area contributed by atoms with Gasteiger partial charge in [0.25, 0.3) is 0 Å². The van der Waals surface area contributed by atoms with Gasteiger partial charge in [-0.05, 0) is 44.2 Å². The minimum absolute atomic E-state index is 0.213. The number of ketones is 1. The van der Waals surface area contributed by atoms with E-state index in [1.54, 1.807) is 12.4 Å². The Morgan fingerprint density at radius 3 is 2.67 bits per heavy atom. The number of carbonyl (C=O) groups excluding carboxylic acids is 1. The predicted octanol–water partition coefficient (Wildman–Crippen LogP) is 2.85. The van der Waals surface area contributed by atoms with Crippen molar-refractivity contribution < 1.29 is 9.53 Å². The fourth-order valence-electron chi connectivity index (χ4n) is 3.02. The maximum atomic E-state index is 12.6. The number of hydrogen-bond donors (Lipinski definition) is 0. The molecule has 1 aliphatic rings. The lowest BCUT2D eigenvalue weighted by atomic mass is 9.99. The zero-order chi connectivity index (χ0) is 17.1. The molecule has 0 atom stereocenters. The van der Waals surface area contributed by atoms with Crippen LogP contribution in [0.15, 0.2) is 35.5 Å². The van der Waals surface area contributed by atoms with Gasteiger partial charge in [-0.3, -0.25) is 14.6 Å². The van der Waals surface area contributed by atoms with Crippen molar-refractivity contribution in [3.63, 3.8) is 0 Å². The van der Waals surface area contributed by atoms with Crippen molar-refractivity contribution in [1.29, 1.82) is 0 Å². The third-order valence-electron chi connectivity index (χ3n) is 4.46. The van der Waals surface area contributed by atoms with Gasteiger partial charge >= 0.3 is 0 Å². The van der Waals surface area contributed by atoms with Crippen molar-refractivity contribution in [2.75, 3.05) is 13.2 Å². The maximum absolute atomic E-state index is 12.6. The van der Waals surface area contributed by atoms with Crippen LogP contribution in [0.5, 0.6) is 0 Å². The number of nitrogens with zero attached hydrogens (tertiary/aromatic N) is 2. The molecule has 126 valence electrons. The number of aryl methyl sites for hydroxylation is 1. The third kappa shape index (κ3) is 3.62. The highest BCUT2D eigenvalue weighted by Gasteiger charge is 2.18. The Morgan fingerprint density at radius 2 is 2.04 bits per heavy atom. The summed E-state index contributed by atoms with van der Waals surface area (Å²) < 4.78 is 7.36. The van der Waals surface area contributed by atoms with Crippen LogP contribution < -0.4 is 5.43 Å². The molecule has 1 saturated heterocycles. The fourth-order valence-corrected chi connectivity index (χ4v) is 3.02. The van der Waals surface area contributed by atoms with Crippen LogP contribution in [0.2, 0.25) is 0 Å². The van der Waals surface area contributed by atoms with Crippen LogP contribution in [0.25, 0.3) is 11.3 Å². The molecule has 5 heteroatoms. The van der Waals surface area contributed by atoms with E-state index in [0.29, 0.717) is 17.2 Å². The molecule has 3 rings (SSSR count). The summed E-state index contributed by atoms with van der Waals surface area (Å²) >= 11 is 0. The van der Waals surface area contributed by atoms with Gasteiger partial charge < -0.3 is 9.30 Å². The van der Waals surface area contributed by atoms with Gasteiger partial charge in [-0.15, -0.1) is 0 Å². The molecular weight excluding hydrogens is 304 g/mol. The molecule has 2 aromatic rings. The molecule has 0 radical (unpaired) electrons. The molecule has 0 unspecified atom stereocenters. The highest BCUT2D eigenvalue weighted by Crippen LogP contribution is 2.19. The van der Waals surface area contributed by atoms with Crippen LogP contribution in [0.1, 0.15) is 35.7 Å². The highest BCUT2D eigenvalue weighted by atomic mass is 16.5. The van der Waals surface area contributed by atoms with Crippen molar-refractivity contribution in [3.8, 4) is 11.3 Å². The molecule has 0 aliphatic carbocycles. The first-order valence-corrected chi connectivity index (χ1v) is 8.30. The Kier molecular flexibility index (Phi) is 4.90. The Bertz CT molecular complexity index is 787. The summed E-state index contributed by atoms with van der Waals surface area (Å²) in [7, 11) is 0. The van der Waals surface area contributed by atoms with Crippen LogP contribution in [0.3, 0.4) is 0 Å². The minimum Gasteiger partial charge on any atom is -0.381 e. The summed E-state index contributed by atoms with van der Waals surface area (Å²) in [5.74, 6) is 0.287. The molecule has 0 N–H and O–H groups in total. The number of aromatic nitrogens is 2. The second-order valence-electron chi connectivity index (χ2n) is 6.44. The Hall–Kier alpha value is -2.27. The topological polar surface area (TPSA) is 61.2 Å². The maximum Gasteiger partial charge on any atom is 0.201 e. The van der Waals surface area contributed by atoms with Crippen LogP contribution in [-0.2, 0) is 11.3 Å². The van der Waals surface area contributed by atoms with E-state index >= 15 is 0 Å². The van der Waals surface area contributed by atoms with E-state index in [1.807, 2.05) is 29.8 Å². The average molecular weight is 326 g/mol. The van der Waals surface area contributed by atoms with Gasteiger partial charge in [-0.2, -0.15) is 0 Å². The lowest BCUT2D eigenvalue weighted by Crippen LogP contribution is -2.24. The number of hydrogen-bond acceptors (Lipinski definition) is 4. The minimum atomic E-state index is -0.248. The summed E-state index contributed by atoms with van der Waals surface area (Å²) in [6.45, 7) is 5.71. The lowest BCUT2D eigenvalue weighted by Gasteiger charge is -2.23. The summed E-state index contributed by atoms with van der Waals surface area (Å²) in [5.41, 5.74) is 2.09. The third-order valence-corrected chi connectivity index (χ3v) is 4.46. The Morgan fingerprint density at radius 1 is 1.29 bits per heavy atom. The summed E-state index contributed by atoms with van der Waals surface area (Å²) in [6.07, 6.45) is 7.23. The van der Waals surface area contributed by atoms with Gasteiger partial charge in [0.15, 0.2) is 5.78 Å². The molecule has 0 aromatic carbocycles.